The van der Waals surface area contributed by atoms with E-state index in [0.717, 1.165) is 11.3 Å². The fraction of sp³-hybridized carbons (Fsp3) is 0.333. The highest BCUT2D eigenvalue weighted by Gasteiger charge is 2.36. The Labute approximate surface area is 161 Å². The van der Waals surface area contributed by atoms with Crippen LogP contribution in [0.4, 0.5) is 0 Å². The van der Waals surface area contributed by atoms with E-state index in [4.69, 9.17) is 9.47 Å². The molecule has 3 rings (SSSR count). The standard InChI is InChI=1S/C24H26O3/c1-24(2,3)19-13-15-20(16-14-19)27-23-21(25)17-26-22(23)12-8-7-11-18-9-5-4-6-10-18/h4-6,8-10,12-16,21-23,25H,17H2,1-3H3/t21-,22-,23-/m1/s1. The lowest BCUT2D eigenvalue weighted by molar-refractivity contribution is 0.0610. The maximum atomic E-state index is 10.2. The van der Waals surface area contributed by atoms with E-state index in [1.165, 1.54) is 5.56 Å². The molecule has 1 fully saturated rings. The molecule has 2 aromatic carbocycles. The van der Waals surface area contributed by atoms with Gasteiger partial charge in [0.25, 0.3) is 0 Å². The second kappa shape index (κ2) is 8.43. The van der Waals surface area contributed by atoms with E-state index >= 15 is 0 Å². The Morgan fingerprint density at radius 3 is 2.44 bits per heavy atom. The van der Waals surface area contributed by atoms with Crippen molar-refractivity contribution < 1.29 is 14.6 Å². The van der Waals surface area contributed by atoms with Crippen molar-refractivity contribution in [3.63, 3.8) is 0 Å². The van der Waals surface area contributed by atoms with E-state index in [0.29, 0.717) is 0 Å². The molecule has 1 saturated heterocycles. The van der Waals surface area contributed by atoms with E-state index < -0.39 is 12.2 Å². The number of hydrogen-bond acceptors (Lipinski definition) is 3. The average molecular weight is 362 g/mol. The largest absolute Gasteiger partial charge is 0.485 e. The van der Waals surface area contributed by atoms with Gasteiger partial charge in [0.15, 0.2) is 6.10 Å². The van der Waals surface area contributed by atoms with Crippen molar-refractivity contribution in [3.8, 4) is 17.6 Å². The van der Waals surface area contributed by atoms with Crippen LogP contribution in [0.25, 0.3) is 0 Å². The molecule has 0 aliphatic carbocycles. The molecule has 0 radical (unpaired) electrons. The maximum absolute atomic E-state index is 10.2. The molecule has 3 nitrogen and oxygen atoms in total. The summed E-state index contributed by atoms with van der Waals surface area (Å²) >= 11 is 0. The number of ether oxygens (including phenoxy) is 2. The van der Waals surface area contributed by atoms with Gasteiger partial charge in [-0.05, 0) is 47.4 Å². The van der Waals surface area contributed by atoms with Crippen molar-refractivity contribution in [3.05, 3.63) is 77.9 Å². The molecule has 1 N–H and O–H groups in total. The third kappa shape index (κ3) is 5.23. The predicted molar refractivity (Wildman–Crippen MR) is 108 cm³/mol. The van der Waals surface area contributed by atoms with Crippen LogP contribution in [-0.2, 0) is 10.2 Å². The van der Waals surface area contributed by atoms with E-state index in [-0.39, 0.29) is 18.1 Å². The van der Waals surface area contributed by atoms with Crippen LogP contribution in [0.3, 0.4) is 0 Å². The van der Waals surface area contributed by atoms with Crippen molar-refractivity contribution in [2.75, 3.05) is 6.61 Å². The molecule has 1 heterocycles. The van der Waals surface area contributed by atoms with E-state index in [2.05, 4.69) is 44.7 Å². The average Bonchev–Trinajstić information content (AvgIpc) is 2.99. The molecule has 0 aromatic heterocycles. The van der Waals surface area contributed by atoms with Crippen LogP contribution in [0.2, 0.25) is 0 Å². The normalized spacial score (nSPS) is 22.4. The van der Waals surface area contributed by atoms with Crippen LogP contribution in [0, 0.1) is 11.8 Å². The van der Waals surface area contributed by atoms with Crippen molar-refractivity contribution in [2.45, 2.75) is 44.5 Å². The zero-order valence-corrected chi connectivity index (χ0v) is 16.1. The summed E-state index contributed by atoms with van der Waals surface area (Å²) in [4.78, 5) is 0. The second-order valence-corrected chi connectivity index (χ2v) is 7.72. The van der Waals surface area contributed by atoms with Crippen molar-refractivity contribution in [2.24, 2.45) is 0 Å². The van der Waals surface area contributed by atoms with E-state index in [1.807, 2.05) is 48.5 Å². The lowest BCUT2D eigenvalue weighted by Gasteiger charge is -2.22. The molecule has 0 unspecified atom stereocenters. The second-order valence-electron chi connectivity index (χ2n) is 7.72. The lowest BCUT2D eigenvalue weighted by Crippen LogP contribution is -2.35. The first kappa shape index (κ1) is 19.2. The summed E-state index contributed by atoms with van der Waals surface area (Å²) in [5.74, 6) is 6.80. The molecule has 1 aliphatic rings. The van der Waals surface area contributed by atoms with Crippen LogP contribution in [0.1, 0.15) is 31.9 Å². The highest BCUT2D eigenvalue weighted by molar-refractivity contribution is 5.37. The molecule has 27 heavy (non-hydrogen) atoms. The first-order chi connectivity index (χ1) is 12.9. The van der Waals surface area contributed by atoms with Crippen molar-refractivity contribution in [1.29, 1.82) is 0 Å². The fourth-order valence-corrected chi connectivity index (χ4v) is 2.91. The minimum atomic E-state index is -0.663. The van der Waals surface area contributed by atoms with Gasteiger partial charge in [-0.25, -0.2) is 0 Å². The van der Waals surface area contributed by atoms with Crippen molar-refractivity contribution in [1.82, 2.24) is 0 Å². The summed E-state index contributed by atoms with van der Waals surface area (Å²) in [6.45, 7) is 6.78. The number of allylic oxidation sites excluding steroid dienone is 1. The first-order valence-electron chi connectivity index (χ1n) is 9.23. The van der Waals surface area contributed by atoms with Crippen LogP contribution < -0.4 is 4.74 Å². The Balaban J connectivity index is 1.65. The van der Waals surface area contributed by atoms with Crippen molar-refractivity contribution >= 4 is 0 Å². The van der Waals surface area contributed by atoms with Gasteiger partial charge in [-0.15, -0.1) is 0 Å². The number of benzene rings is 2. The molecule has 1 aliphatic heterocycles. The van der Waals surface area contributed by atoms with Crippen LogP contribution >= 0.6 is 0 Å². The zero-order valence-electron chi connectivity index (χ0n) is 16.1. The van der Waals surface area contributed by atoms with Crippen LogP contribution in [0.5, 0.6) is 5.75 Å². The van der Waals surface area contributed by atoms with Gasteiger partial charge in [-0.3, -0.25) is 0 Å². The molecular weight excluding hydrogens is 336 g/mol. The van der Waals surface area contributed by atoms with Gasteiger partial charge in [0.05, 0.1) is 6.61 Å². The minimum absolute atomic E-state index is 0.0945. The van der Waals surface area contributed by atoms with Gasteiger partial charge < -0.3 is 14.6 Å². The molecule has 0 saturated carbocycles. The molecule has 2 aromatic rings. The monoisotopic (exact) mass is 362 g/mol. The van der Waals surface area contributed by atoms with Gasteiger partial charge in [-0.2, -0.15) is 0 Å². The van der Waals surface area contributed by atoms with Gasteiger partial charge in [0.1, 0.15) is 18.0 Å². The molecule has 140 valence electrons. The molecular formula is C24H26O3. The SMILES string of the molecule is CC(C)(C)c1ccc(O[C@@H]2[C@H](O)CO[C@@H]2C=CC#Cc2ccccc2)cc1. The Morgan fingerprint density at radius 1 is 1.07 bits per heavy atom. The zero-order chi connectivity index (χ0) is 19.3. The predicted octanol–water partition coefficient (Wildman–Crippen LogP) is 4.10. The Kier molecular flexibility index (Phi) is 6.01. The Bertz CT molecular complexity index is 820. The molecule has 3 atom stereocenters. The number of aliphatic hydroxyl groups excluding tert-OH is 1. The summed E-state index contributed by atoms with van der Waals surface area (Å²) in [5, 5.41) is 10.2. The topological polar surface area (TPSA) is 38.7 Å². The van der Waals surface area contributed by atoms with Crippen LogP contribution in [0.15, 0.2) is 66.7 Å². The Hall–Kier alpha value is -2.54. The van der Waals surface area contributed by atoms with E-state index in [9.17, 15) is 5.11 Å². The highest BCUT2D eigenvalue weighted by Crippen LogP contribution is 2.27. The third-order valence-corrected chi connectivity index (χ3v) is 4.51. The lowest BCUT2D eigenvalue weighted by atomic mass is 9.87. The maximum Gasteiger partial charge on any atom is 0.156 e. The molecule has 0 amide bonds. The van der Waals surface area contributed by atoms with E-state index in [1.54, 1.807) is 6.08 Å². The van der Waals surface area contributed by atoms with Gasteiger partial charge in [0, 0.05) is 5.56 Å². The highest BCUT2D eigenvalue weighted by atomic mass is 16.6. The smallest absolute Gasteiger partial charge is 0.156 e. The first-order valence-corrected chi connectivity index (χ1v) is 9.23. The number of aliphatic hydroxyl groups is 1. The molecule has 0 spiro atoms. The Morgan fingerprint density at radius 2 is 1.78 bits per heavy atom. The quantitative estimate of drug-likeness (QED) is 0.836. The number of rotatable bonds is 3. The summed E-state index contributed by atoms with van der Waals surface area (Å²) in [6, 6.07) is 17.8. The van der Waals surface area contributed by atoms with Crippen LogP contribution in [-0.4, -0.2) is 30.0 Å². The summed E-state index contributed by atoms with van der Waals surface area (Å²) in [6.07, 6.45) is 2.17. The van der Waals surface area contributed by atoms with Gasteiger partial charge in [-0.1, -0.05) is 62.9 Å². The molecule has 0 bridgehead atoms. The fourth-order valence-electron chi connectivity index (χ4n) is 2.91. The minimum Gasteiger partial charge on any atom is -0.485 e. The number of hydrogen-bond donors (Lipinski definition) is 1. The summed E-state index contributed by atoms with van der Waals surface area (Å²) in [7, 11) is 0. The third-order valence-electron chi connectivity index (χ3n) is 4.51. The summed E-state index contributed by atoms with van der Waals surface area (Å²) in [5.41, 5.74) is 2.30. The van der Waals surface area contributed by atoms with Gasteiger partial charge in [0.2, 0.25) is 0 Å². The summed E-state index contributed by atoms with van der Waals surface area (Å²) < 4.78 is 11.7. The molecule has 3 heteroatoms. The van der Waals surface area contributed by atoms with Gasteiger partial charge >= 0.3 is 0 Å².